The third-order valence-corrected chi connectivity index (χ3v) is 27.3. The topological polar surface area (TPSA) is 539 Å². The van der Waals surface area contributed by atoms with Crippen LogP contribution in [-0.2, 0) is 71.1 Å². The molecule has 141 heavy (non-hydrogen) atoms. The molecule has 6 aromatic heterocycles. The van der Waals surface area contributed by atoms with E-state index in [2.05, 4.69) is 109 Å². The van der Waals surface area contributed by atoms with Crippen molar-refractivity contribution in [1.29, 1.82) is 21.0 Å². The monoisotopic (exact) mass is 1930 g/mol. The highest BCUT2D eigenvalue weighted by Crippen LogP contribution is 2.47. The number of rotatable bonds is 29. The van der Waals surface area contributed by atoms with Crippen LogP contribution in [0.4, 0.5) is 45.9 Å². The number of hydrogen-bond acceptors (Lipinski definition) is 26. The van der Waals surface area contributed by atoms with Crippen molar-refractivity contribution in [2.24, 2.45) is 28.9 Å². The smallest absolute Gasteiger partial charge is 0.412 e. The fraction of sp³-hybridized carbons (Fsp3) is 0.386. The number of aryl methyl sites for hydroxylation is 1. The summed E-state index contributed by atoms with van der Waals surface area (Å²) in [5.41, 5.74) is 25.3. The van der Waals surface area contributed by atoms with Gasteiger partial charge in [-0.25, -0.2) is 22.8 Å². The highest BCUT2D eigenvalue weighted by atomic mass is 19.1. The third kappa shape index (κ3) is 23.2. The minimum atomic E-state index is -1.50. The minimum Gasteiger partial charge on any atom is -0.507 e. The van der Waals surface area contributed by atoms with Crippen molar-refractivity contribution in [3.8, 4) is 63.6 Å². The molecule has 3 saturated heterocycles. The van der Waals surface area contributed by atoms with Crippen molar-refractivity contribution in [2.75, 3.05) is 81.9 Å². The molecule has 11 aromatic rings. The van der Waals surface area contributed by atoms with Crippen molar-refractivity contribution in [2.45, 2.75) is 181 Å². The SMILES string of the molecule is COC(=O)Cc1nn(C2(CC#N)CCN(Cc3ccc(-c4ccoc4)c(O)c3)CC2F)cc1C(N)=O.COC(=O)Nc1nn(C2(CC#N)CCC(N3CC(F)(c4ccccc4)C3)CC2)cc1C(N)=O.COC(=O)Nc1nn(C2(CC#N)CCN(Cc3ccc(-c4ccc(C)o4)cc3)CC2F)cc1C(N)=O.N#CCC1(n2cc(C(N)=O)c(NC(=O)C3CC3)n2)CCC(Nc2ccc(-c3ccccc3)cc2)CC1. The van der Waals surface area contributed by atoms with Gasteiger partial charge in [0.05, 0.1) is 113 Å². The number of aromatic hydroxyl groups is 1. The van der Waals surface area contributed by atoms with Gasteiger partial charge in [-0.2, -0.15) is 41.4 Å². The molecule has 0 spiro atoms. The lowest BCUT2D eigenvalue weighted by atomic mass is 9.75. The third-order valence-electron chi connectivity index (χ3n) is 27.3. The summed E-state index contributed by atoms with van der Waals surface area (Å²) in [5.74, 6) is -2.05. The van der Waals surface area contributed by atoms with Crippen LogP contribution in [0.3, 0.4) is 0 Å². The number of methoxy groups -OCH3 is 3. The molecule has 37 nitrogen and oxygen atoms in total. The number of nitrogens with two attached hydrogens (primary N) is 4. The fourth-order valence-corrected chi connectivity index (χ4v) is 19.0. The van der Waals surface area contributed by atoms with Gasteiger partial charge in [0.25, 0.3) is 23.6 Å². The molecule has 9 heterocycles. The summed E-state index contributed by atoms with van der Waals surface area (Å²) in [5, 5.41) is 77.1. The van der Waals surface area contributed by atoms with Crippen LogP contribution in [0.1, 0.15) is 172 Å². The van der Waals surface area contributed by atoms with Gasteiger partial charge < -0.3 is 61.7 Å². The zero-order chi connectivity index (χ0) is 101. The van der Waals surface area contributed by atoms with Crippen molar-refractivity contribution in [3.05, 3.63) is 233 Å². The van der Waals surface area contributed by atoms with Gasteiger partial charge in [0.2, 0.25) is 5.91 Å². The van der Waals surface area contributed by atoms with Crippen LogP contribution in [0.5, 0.6) is 5.75 Å². The van der Waals surface area contributed by atoms with Gasteiger partial charge in [-0.05, 0) is 148 Å². The Morgan fingerprint density at radius 2 is 0.993 bits per heavy atom. The summed E-state index contributed by atoms with van der Waals surface area (Å²) in [6.45, 7) is 4.51. The molecule has 7 amide bonds. The van der Waals surface area contributed by atoms with E-state index < -0.39 is 82.0 Å². The average molecular weight is 1930 g/mol. The van der Waals surface area contributed by atoms with Crippen molar-refractivity contribution < 1.29 is 79.7 Å². The van der Waals surface area contributed by atoms with Gasteiger partial charge in [-0.3, -0.25) is 72.8 Å². The number of likely N-dealkylation sites (tertiary alicyclic amines) is 3. The molecule has 17 rings (SSSR count). The molecule has 4 atom stereocenters. The number of phenols is 1. The van der Waals surface area contributed by atoms with Crippen molar-refractivity contribution in [3.63, 3.8) is 0 Å². The fourth-order valence-electron chi connectivity index (χ4n) is 19.0. The van der Waals surface area contributed by atoms with Crippen LogP contribution < -0.4 is 44.2 Å². The second kappa shape index (κ2) is 44.3. The number of aromatic nitrogens is 8. The van der Waals surface area contributed by atoms with Crippen LogP contribution in [0, 0.1) is 58.2 Å². The zero-order valence-corrected chi connectivity index (χ0v) is 78.3. The maximum Gasteiger partial charge on any atom is 0.412 e. The lowest BCUT2D eigenvalue weighted by Gasteiger charge is -2.51. The number of furan rings is 2. The number of nitrogens with one attached hydrogen (secondary N) is 4. The molecule has 4 unspecified atom stereocenters. The van der Waals surface area contributed by atoms with Gasteiger partial charge in [-0.1, -0.05) is 109 Å². The Morgan fingerprint density at radius 3 is 1.47 bits per heavy atom. The van der Waals surface area contributed by atoms with Crippen LogP contribution in [0.15, 0.2) is 192 Å². The largest absolute Gasteiger partial charge is 0.507 e. The van der Waals surface area contributed by atoms with Gasteiger partial charge in [0, 0.05) is 118 Å². The molecule has 734 valence electrons. The molecule has 6 fully saturated rings. The van der Waals surface area contributed by atoms with E-state index >= 15 is 13.2 Å². The molecule has 0 radical (unpaired) electrons. The first-order valence-electron chi connectivity index (χ1n) is 46.1. The molecule has 3 aliphatic heterocycles. The summed E-state index contributed by atoms with van der Waals surface area (Å²) in [4.78, 5) is 101. The number of esters is 1. The number of alkyl halides is 3. The van der Waals surface area contributed by atoms with E-state index in [4.69, 9.17) is 31.8 Å². The van der Waals surface area contributed by atoms with E-state index in [0.717, 1.165) is 97.9 Å². The molecule has 40 heteroatoms. The predicted molar refractivity (Wildman–Crippen MR) is 510 cm³/mol. The maximum absolute atomic E-state index is 15.8. The molecular weight excluding hydrogens is 1820 g/mol. The number of piperidine rings is 2. The Labute approximate surface area is 810 Å². The lowest BCUT2D eigenvalue weighted by Crippen LogP contribution is -2.61. The van der Waals surface area contributed by atoms with Gasteiger partial charge in [-0.15, -0.1) is 0 Å². The lowest BCUT2D eigenvalue weighted by molar-refractivity contribution is -0.139. The number of carbonyl (C=O) groups is 8. The molecule has 3 aliphatic carbocycles. The number of anilines is 4. The minimum absolute atomic E-state index is 0.00149. The number of carbonyl (C=O) groups excluding carboxylic acids is 8. The summed E-state index contributed by atoms with van der Waals surface area (Å²) < 4.78 is 77.2. The number of phenolic OH excluding ortho intramolecular Hbond substituents is 1. The van der Waals surface area contributed by atoms with E-state index in [1.807, 2.05) is 120 Å². The van der Waals surface area contributed by atoms with E-state index in [1.54, 1.807) is 33.8 Å². The van der Waals surface area contributed by atoms with Gasteiger partial charge in [0.1, 0.15) is 57.4 Å². The number of amides is 7. The number of nitrogens with zero attached hydrogens (tertiary/aromatic N) is 15. The summed E-state index contributed by atoms with van der Waals surface area (Å²) in [7, 11) is 3.57. The quantitative estimate of drug-likeness (QED) is 0.0155. The van der Waals surface area contributed by atoms with E-state index in [1.165, 1.54) is 65.8 Å². The number of halogens is 3. The second-order valence-corrected chi connectivity index (χ2v) is 36.3. The molecule has 3 saturated carbocycles. The van der Waals surface area contributed by atoms with E-state index in [9.17, 15) is 64.5 Å². The Morgan fingerprint density at radius 1 is 0.518 bits per heavy atom. The summed E-state index contributed by atoms with van der Waals surface area (Å²) in [6.07, 6.45) is 12.0. The van der Waals surface area contributed by atoms with Crippen LogP contribution >= 0.6 is 0 Å². The standard InChI is InChI=1S/C28H30N6O2.C25H27FN6O4.C25H26FN5O5.C23H27FN6O3/c29-17-16-28(34-18-24(25(30)35)26(33-34)32-27(36)21-6-7-21)14-12-23(13-15-28)31-22-10-8-20(9-11-22)19-4-2-1-3-5-19;1-16-3-8-20(36-16)18-6-4-17(5-7-18)13-31-12-10-25(9-11-27,21(26)15-31)32-14-19(22(28)33)23(30-32)29-24(34)35-2;1-35-23(33)11-20-19(24(28)34)13-31(29-20)25(5-7-27)6-8-30(14-22(25)26)12-16-2-3-18(21(32)10-16)17-4-9-36-15-17;1-33-21(32)27-20-18(19(26)31)13-30(28-20)22(11-12-25)9-7-17(8-10-22)29-14-23(24,15-29)16-5-3-2-4-6-16/h1-5,8-11,18,21,23,31H,6-7,12-16H2,(H2,30,35)(H,32,33,36);3-8,14,21H,9-10,12-13,15H2,1-2H3,(H2,28,33)(H,29,30,34);2-4,9-10,13,15,22,32H,5-6,8,11-12,14H2,1H3,(H2,28,34);2-6,13,17H,7-11,14-15H2,1H3,(H2,26,31)(H,27,28,32). The van der Waals surface area contributed by atoms with Crippen LogP contribution in [0.2, 0.25) is 0 Å². The van der Waals surface area contributed by atoms with E-state index in [0.29, 0.717) is 63.2 Å². The number of hydrogen-bond donors (Lipinski definition) is 9. The molecular formula is C101H110F3N23O14. The van der Waals surface area contributed by atoms with Crippen LogP contribution in [0.25, 0.3) is 33.6 Å². The molecule has 13 N–H and O–H groups in total. The highest BCUT2D eigenvalue weighted by molar-refractivity contribution is 6.03. The van der Waals surface area contributed by atoms with Crippen LogP contribution in [-0.4, -0.2) is 192 Å². The Kier molecular flexibility index (Phi) is 31.7. The first kappa shape index (κ1) is 101. The van der Waals surface area contributed by atoms with Crippen molar-refractivity contribution >= 4 is 70.8 Å². The normalized spacial score (nSPS) is 21.4. The molecule has 0 bridgehead atoms. The second-order valence-electron chi connectivity index (χ2n) is 36.3. The summed E-state index contributed by atoms with van der Waals surface area (Å²) in [6, 6.07) is 55.8. The Balaban J connectivity index is 0.000000150. The summed E-state index contributed by atoms with van der Waals surface area (Å²) >= 11 is 0. The Hall–Kier alpha value is -15.9. The number of primary amides is 4. The molecule has 6 aliphatic rings. The molecule has 5 aromatic carbocycles. The average Bonchev–Trinajstić information content (AvgIpc) is 1.75. The highest BCUT2D eigenvalue weighted by Gasteiger charge is 2.52. The maximum atomic E-state index is 15.8. The first-order chi connectivity index (χ1) is 67.8. The Bertz CT molecular complexity index is 6490. The number of ether oxygens (including phenoxy) is 3. The first-order valence-corrected chi connectivity index (χ1v) is 46.1. The van der Waals surface area contributed by atoms with E-state index in [-0.39, 0.29) is 133 Å². The number of benzene rings is 5. The van der Waals surface area contributed by atoms with Crippen molar-refractivity contribution in [1.82, 2.24) is 53.8 Å². The van der Waals surface area contributed by atoms with Gasteiger partial charge >= 0.3 is 18.2 Å². The zero-order valence-electron chi connectivity index (χ0n) is 78.3. The number of nitriles is 4. The van der Waals surface area contributed by atoms with Gasteiger partial charge in [0.15, 0.2) is 23.1 Å². The predicted octanol–water partition coefficient (Wildman–Crippen LogP) is 13.7.